The average Bonchev–Trinajstić information content (AvgIpc) is 3.39. The fourth-order valence-corrected chi connectivity index (χ4v) is 5.62. The smallest absolute Gasteiger partial charge is 0.336 e. The third-order valence-electron chi connectivity index (χ3n) is 6.99. The van der Waals surface area contributed by atoms with E-state index in [1.54, 1.807) is 30.3 Å². The van der Waals surface area contributed by atoms with Crippen molar-refractivity contribution in [1.82, 2.24) is 5.01 Å². The highest BCUT2D eigenvalue weighted by atomic mass is 16.4. The molecule has 2 heterocycles. The zero-order valence-electron chi connectivity index (χ0n) is 15.8. The normalized spacial score (nSPS) is 33.3. The fourth-order valence-electron chi connectivity index (χ4n) is 5.62. The van der Waals surface area contributed by atoms with Crippen LogP contribution in [0, 0.1) is 35.5 Å². The van der Waals surface area contributed by atoms with Gasteiger partial charge in [-0.3, -0.25) is 9.59 Å². The lowest BCUT2D eigenvalue weighted by Gasteiger charge is -2.37. The quantitative estimate of drug-likeness (QED) is 0.481. The number of benzene rings is 1. The molecule has 0 spiro atoms. The van der Waals surface area contributed by atoms with E-state index in [1.807, 2.05) is 0 Å². The standard InChI is InChI=1S/C23H18N2O5/c26-21-19-13-6-7-14(17-9-16(13)17)20(19)22(27)25(21)24-10-11-5-8-18(30-11)12-3-1-2-4-15(12)23(28)29/h1-8,10,13-14,16-17,19-20H,9H2,(H,28,29)/b24-10-/t13-,14-,16-,17+,19-,20-/m1/s1. The summed E-state index contributed by atoms with van der Waals surface area (Å²) in [5.74, 6) is 0.0407. The van der Waals surface area contributed by atoms with E-state index in [2.05, 4.69) is 17.3 Å². The minimum atomic E-state index is -1.05. The molecule has 2 amide bonds. The number of amides is 2. The van der Waals surface area contributed by atoms with Gasteiger partial charge in [-0.15, -0.1) is 0 Å². The topological polar surface area (TPSA) is 100 Å². The lowest BCUT2D eigenvalue weighted by Crippen LogP contribution is -2.40. The minimum Gasteiger partial charge on any atom is -0.478 e. The van der Waals surface area contributed by atoms with E-state index < -0.39 is 5.97 Å². The van der Waals surface area contributed by atoms with Crippen molar-refractivity contribution in [2.75, 3.05) is 0 Å². The lowest BCUT2D eigenvalue weighted by molar-refractivity contribution is -0.140. The predicted molar refractivity (Wildman–Crippen MR) is 105 cm³/mol. The lowest BCUT2D eigenvalue weighted by atomic mass is 9.63. The van der Waals surface area contributed by atoms with Crippen LogP contribution < -0.4 is 0 Å². The molecule has 1 aromatic carbocycles. The number of carboxylic acid groups (broad SMARTS) is 1. The first-order valence-corrected chi connectivity index (χ1v) is 10.1. The third-order valence-corrected chi connectivity index (χ3v) is 6.99. The molecule has 30 heavy (non-hydrogen) atoms. The Bertz CT molecular complexity index is 1130. The summed E-state index contributed by atoms with van der Waals surface area (Å²) in [6, 6.07) is 9.83. The average molecular weight is 402 g/mol. The molecule has 4 aliphatic carbocycles. The van der Waals surface area contributed by atoms with Crippen molar-refractivity contribution in [2.24, 2.45) is 40.6 Å². The van der Waals surface area contributed by atoms with E-state index in [9.17, 15) is 19.5 Å². The van der Waals surface area contributed by atoms with E-state index in [0.717, 1.165) is 11.4 Å². The van der Waals surface area contributed by atoms with Crippen LogP contribution in [0.4, 0.5) is 0 Å². The van der Waals surface area contributed by atoms with E-state index in [1.165, 1.54) is 12.3 Å². The molecule has 1 N–H and O–H groups in total. The number of aromatic carboxylic acids is 1. The van der Waals surface area contributed by atoms with Gasteiger partial charge in [0.2, 0.25) is 0 Å². The molecular formula is C23H18N2O5. The van der Waals surface area contributed by atoms with Gasteiger partial charge >= 0.3 is 5.97 Å². The van der Waals surface area contributed by atoms with Gasteiger partial charge in [-0.05, 0) is 48.3 Å². The van der Waals surface area contributed by atoms with Gasteiger partial charge in [0.1, 0.15) is 11.5 Å². The van der Waals surface area contributed by atoms with Crippen molar-refractivity contribution in [2.45, 2.75) is 6.42 Å². The number of carbonyl (C=O) groups is 3. The zero-order chi connectivity index (χ0) is 20.6. The molecule has 7 heteroatoms. The van der Waals surface area contributed by atoms with Gasteiger partial charge in [-0.2, -0.15) is 10.1 Å². The maximum Gasteiger partial charge on any atom is 0.336 e. The number of carbonyl (C=O) groups excluding carboxylic acids is 2. The van der Waals surface area contributed by atoms with E-state index >= 15 is 0 Å². The Hall–Kier alpha value is -3.48. The summed E-state index contributed by atoms with van der Waals surface area (Å²) in [6.45, 7) is 0. The molecule has 7 rings (SSSR count). The fraction of sp³-hybridized carbons (Fsp3) is 0.304. The second-order valence-corrected chi connectivity index (χ2v) is 8.44. The van der Waals surface area contributed by atoms with Gasteiger partial charge in [0.05, 0.1) is 23.6 Å². The summed E-state index contributed by atoms with van der Waals surface area (Å²) >= 11 is 0. The van der Waals surface area contributed by atoms with E-state index in [-0.39, 0.29) is 41.0 Å². The Morgan fingerprint density at radius 3 is 2.37 bits per heavy atom. The molecule has 5 aliphatic rings. The highest BCUT2D eigenvalue weighted by Gasteiger charge is 2.67. The van der Waals surface area contributed by atoms with Crippen LogP contribution in [0.5, 0.6) is 0 Å². The first kappa shape index (κ1) is 17.4. The number of hydrogen-bond donors (Lipinski definition) is 1. The molecule has 6 atom stereocenters. The minimum absolute atomic E-state index is 0.130. The van der Waals surface area contributed by atoms with Crippen molar-refractivity contribution in [3.8, 4) is 11.3 Å². The number of nitrogens with zero attached hydrogens (tertiary/aromatic N) is 2. The number of rotatable bonds is 4. The monoisotopic (exact) mass is 402 g/mol. The van der Waals surface area contributed by atoms with Crippen molar-refractivity contribution >= 4 is 24.0 Å². The van der Waals surface area contributed by atoms with Crippen LogP contribution in [-0.4, -0.2) is 34.1 Å². The SMILES string of the molecule is O=C(O)c1ccccc1-c1ccc(/C=N\N2C(=O)[C@@H]3[C@@H]4C=C[C@H]([C@@H]5C[C@H]45)[C@H]3C2=O)o1. The van der Waals surface area contributed by atoms with Gasteiger partial charge < -0.3 is 9.52 Å². The highest BCUT2D eigenvalue weighted by Crippen LogP contribution is 2.65. The summed E-state index contributed by atoms with van der Waals surface area (Å²) in [7, 11) is 0. The number of carboxylic acids is 1. The molecule has 2 bridgehead atoms. The Kier molecular flexibility index (Phi) is 3.48. The molecule has 0 unspecified atom stereocenters. The summed E-state index contributed by atoms with van der Waals surface area (Å²) < 4.78 is 5.71. The van der Waals surface area contributed by atoms with Crippen molar-refractivity contribution < 1.29 is 23.9 Å². The van der Waals surface area contributed by atoms with Gasteiger partial charge in [0.15, 0.2) is 0 Å². The number of imide groups is 1. The molecule has 1 saturated heterocycles. The number of hydrazone groups is 1. The van der Waals surface area contributed by atoms with Crippen LogP contribution >= 0.6 is 0 Å². The zero-order valence-corrected chi connectivity index (χ0v) is 15.8. The van der Waals surface area contributed by atoms with E-state index in [0.29, 0.717) is 28.9 Å². The molecule has 2 aromatic rings. The van der Waals surface area contributed by atoms with Crippen molar-refractivity contribution in [3.63, 3.8) is 0 Å². The molecule has 3 fully saturated rings. The Morgan fingerprint density at radius 1 is 1.03 bits per heavy atom. The number of allylic oxidation sites excluding steroid dienone is 2. The van der Waals surface area contributed by atoms with Crippen LogP contribution in [0.1, 0.15) is 22.5 Å². The first-order chi connectivity index (χ1) is 14.5. The van der Waals surface area contributed by atoms with Crippen LogP contribution in [-0.2, 0) is 9.59 Å². The summed E-state index contributed by atoms with van der Waals surface area (Å²) in [5.41, 5.74) is 0.580. The van der Waals surface area contributed by atoms with Crippen LogP contribution in [0.15, 0.2) is 58.1 Å². The first-order valence-electron chi connectivity index (χ1n) is 10.1. The molecule has 1 aliphatic heterocycles. The second kappa shape index (κ2) is 6.01. The molecule has 1 aromatic heterocycles. The predicted octanol–water partition coefficient (Wildman–Crippen LogP) is 3.03. The maximum atomic E-state index is 12.9. The van der Waals surface area contributed by atoms with Crippen LogP contribution in [0.25, 0.3) is 11.3 Å². The third kappa shape index (κ3) is 2.32. The Morgan fingerprint density at radius 2 is 1.70 bits per heavy atom. The number of furan rings is 1. The van der Waals surface area contributed by atoms with Crippen LogP contribution in [0.2, 0.25) is 0 Å². The van der Waals surface area contributed by atoms with Crippen molar-refractivity contribution in [3.05, 3.63) is 59.9 Å². The maximum absolute atomic E-state index is 12.9. The van der Waals surface area contributed by atoms with Gasteiger partial charge in [0, 0.05) is 5.56 Å². The summed E-state index contributed by atoms with van der Waals surface area (Å²) in [6.07, 6.45) is 6.70. The van der Waals surface area contributed by atoms with Gasteiger partial charge in [-0.1, -0.05) is 30.4 Å². The number of hydrogen-bond acceptors (Lipinski definition) is 5. The largest absolute Gasteiger partial charge is 0.478 e. The molecule has 0 radical (unpaired) electrons. The molecule has 150 valence electrons. The molecule has 7 nitrogen and oxygen atoms in total. The highest BCUT2D eigenvalue weighted by molar-refractivity contribution is 6.06. The summed E-state index contributed by atoms with van der Waals surface area (Å²) in [4.78, 5) is 37.3. The Balaban J connectivity index is 1.26. The van der Waals surface area contributed by atoms with Crippen LogP contribution in [0.3, 0.4) is 0 Å². The Labute approximate surface area is 171 Å². The van der Waals surface area contributed by atoms with Gasteiger partial charge in [0.25, 0.3) is 11.8 Å². The van der Waals surface area contributed by atoms with Crippen molar-refractivity contribution in [1.29, 1.82) is 0 Å². The van der Waals surface area contributed by atoms with Gasteiger partial charge in [-0.25, -0.2) is 4.79 Å². The second-order valence-electron chi connectivity index (χ2n) is 8.44. The molecular weight excluding hydrogens is 384 g/mol. The summed E-state index contributed by atoms with van der Waals surface area (Å²) in [5, 5.41) is 14.5. The van der Waals surface area contributed by atoms with E-state index in [4.69, 9.17) is 4.42 Å². The molecule has 2 saturated carbocycles.